The summed E-state index contributed by atoms with van der Waals surface area (Å²) in [6.45, 7) is 8.37. The van der Waals surface area contributed by atoms with E-state index in [4.69, 9.17) is 14.3 Å². The van der Waals surface area contributed by atoms with Crippen molar-refractivity contribution in [3.63, 3.8) is 0 Å². The standard InChI is InChI=1S/C24H36N2O5/c1-17-13-18(2)21(19(3)14-17)15-22(27)26(16-20-7-6-12-31-20)24(23(28)29-4)8-10-25(30-5)11-9-24/h13-14,20H,6-12,15-16H2,1-5H3. The van der Waals surface area contributed by atoms with E-state index in [1.54, 1.807) is 12.0 Å². The van der Waals surface area contributed by atoms with Crippen molar-refractivity contribution in [3.05, 3.63) is 34.4 Å². The minimum absolute atomic E-state index is 0.0499. The average molecular weight is 433 g/mol. The van der Waals surface area contributed by atoms with Crippen LogP contribution in [0.25, 0.3) is 0 Å². The maximum atomic E-state index is 13.8. The fourth-order valence-electron chi connectivity index (χ4n) is 5.06. The van der Waals surface area contributed by atoms with Gasteiger partial charge in [-0.2, -0.15) is 5.06 Å². The molecule has 1 amide bonds. The molecule has 0 bridgehead atoms. The molecule has 2 aliphatic heterocycles. The predicted octanol–water partition coefficient (Wildman–Crippen LogP) is 2.73. The first kappa shape index (κ1) is 23.7. The predicted molar refractivity (Wildman–Crippen MR) is 118 cm³/mol. The number of methoxy groups -OCH3 is 1. The number of carbonyl (C=O) groups is 2. The number of esters is 1. The van der Waals surface area contributed by atoms with Gasteiger partial charge in [-0.1, -0.05) is 17.7 Å². The fraction of sp³-hybridized carbons (Fsp3) is 0.667. The summed E-state index contributed by atoms with van der Waals surface area (Å²) in [5.74, 6) is -0.409. The van der Waals surface area contributed by atoms with Crippen molar-refractivity contribution >= 4 is 11.9 Å². The molecule has 2 aliphatic rings. The van der Waals surface area contributed by atoms with E-state index in [9.17, 15) is 9.59 Å². The number of hydrogen-bond acceptors (Lipinski definition) is 6. The van der Waals surface area contributed by atoms with Gasteiger partial charge in [0.25, 0.3) is 0 Å². The van der Waals surface area contributed by atoms with E-state index in [0.717, 1.165) is 29.5 Å². The molecule has 7 nitrogen and oxygen atoms in total. The number of nitrogens with zero attached hydrogens (tertiary/aromatic N) is 2. The first-order chi connectivity index (χ1) is 14.8. The van der Waals surface area contributed by atoms with Gasteiger partial charge < -0.3 is 19.2 Å². The van der Waals surface area contributed by atoms with Gasteiger partial charge in [-0.25, -0.2) is 4.79 Å². The van der Waals surface area contributed by atoms with Crippen LogP contribution in [0.1, 0.15) is 47.9 Å². The molecule has 1 unspecified atom stereocenters. The number of hydrogen-bond donors (Lipinski definition) is 0. The molecular formula is C24H36N2O5. The number of carbonyl (C=O) groups excluding carboxylic acids is 2. The molecule has 2 saturated heterocycles. The Labute approximate surface area is 185 Å². The van der Waals surface area contributed by atoms with Crippen LogP contribution in [-0.4, -0.2) is 73.9 Å². The van der Waals surface area contributed by atoms with Gasteiger partial charge >= 0.3 is 5.97 Å². The van der Waals surface area contributed by atoms with Gasteiger partial charge in [-0.05, 0) is 63.1 Å². The minimum atomic E-state index is -1.00. The van der Waals surface area contributed by atoms with Gasteiger partial charge in [-0.3, -0.25) is 4.79 Å². The average Bonchev–Trinajstić information content (AvgIpc) is 3.27. The molecule has 0 aliphatic carbocycles. The Balaban J connectivity index is 1.94. The lowest BCUT2D eigenvalue weighted by Crippen LogP contribution is -2.63. The monoisotopic (exact) mass is 432 g/mol. The first-order valence-electron chi connectivity index (χ1n) is 11.2. The molecule has 2 heterocycles. The molecule has 31 heavy (non-hydrogen) atoms. The number of aryl methyl sites for hydroxylation is 3. The van der Waals surface area contributed by atoms with Crippen molar-refractivity contribution in [2.75, 3.05) is 40.5 Å². The van der Waals surface area contributed by atoms with Gasteiger partial charge in [0.05, 0.1) is 26.7 Å². The molecular weight excluding hydrogens is 396 g/mol. The molecule has 7 heteroatoms. The third-order valence-electron chi connectivity index (χ3n) is 6.77. The topological polar surface area (TPSA) is 68.3 Å². The Morgan fingerprint density at radius 2 is 1.81 bits per heavy atom. The Morgan fingerprint density at radius 3 is 2.32 bits per heavy atom. The van der Waals surface area contributed by atoms with Gasteiger partial charge in [0, 0.05) is 26.2 Å². The van der Waals surface area contributed by atoms with Crippen molar-refractivity contribution in [2.45, 2.75) is 64.5 Å². The molecule has 0 N–H and O–H groups in total. The van der Waals surface area contributed by atoms with Crippen LogP contribution in [0.2, 0.25) is 0 Å². The number of benzene rings is 1. The van der Waals surface area contributed by atoms with Crippen molar-refractivity contribution in [2.24, 2.45) is 0 Å². The van der Waals surface area contributed by atoms with E-state index in [1.165, 1.54) is 12.7 Å². The third-order valence-corrected chi connectivity index (χ3v) is 6.77. The summed E-state index contributed by atoms with van der Waals surface area (Å²) in [7, 11) is 3.03. The highest BCUT2D eigenvalue weighted by Crippen LogP contribution is 2.33. The van der Waals surface area contributed by atoms with Crippen molar-refractivity contribution < 1.29 is 23.9 Å². The normalized spacial score (nSPS) is 21.1. The van der Waals surface area contributed by atoms with Crippen molar-refractivity contribution in [1.82, 2.24) is 9.96 Å². The van der Waals surface area contributed by atoms with E-state index in [1.807, 2.05) is 18.9 Å². The van der Waals surface area contributed by atoms with Gasteiger partial charge in [0.15, 0.2) is 0 Å². The Bertz CT molecular complexity index is 772. The quantitative estimate of drug-likeness (QED) is 0.617. The van der Waals surface area contributed by atoms with Gasteiger partial charge in [0.2, 0.25) is 5.91 Å². The molecule has 0 radical (unpaired) electrons. The van der Waals surface area contributed by atoms with Crippen molar-refractivity contribution in [1.29, 1.82) is 0 Å². The van der Waals surface area contributed by atoms with Gasteiger partial charge in [0.1, 0.15) is 5.54 Å². The summed E-state index contributed by atoms with van der Waals surface area (Å²) in [4.78, 5) is 34.0. The SMILES string of the molecule is COC(=O)C1(N(CC2CCCO2)C(=O)Cc2c(C)cc(C)cc2C)CCN(OC)CC1. The maximum absolute atomic E-state index is 13.8. The molecule has 3 rings (SSSR count). The smallest absolute Gasteiger partial charge is 0.331 e. The van der Waals surface area contributed by atoms with E-state index in [0.29, 0.717) is 39.1 Å². The van der Waals surface area contributed by atoms with Crippen LogP contribution in [0.5, 0.6) is 0 Å². The fourth-order valence-corrected chi connectivity index (χ4v) is 5.06. The van der Waals surface area contributed by atoms with Crippen LogP contribution in [-0.2, 0) is 30.3 Å². The van der Waals surface area contributed by atoms with Gasteiger partial charge in [-0.15, -0.1) is 0 Å². The highest BCUT2D eigenvalue weighted by molar-refractivity contribution is 5.89. The number of piperidine rings is 1. The highest BCUT2D eigenvalue weighted by atomic mass is 16.7. The second kappa shape index (κ2) is 10.1. The Morgan fingerprint density at radius 1 is 1.16 bits per heavy atom. The molecule has 0 spiro atoms. The summed E-state index contributed by atoms with van der Waals surface area (Å²) in [5.41, 5.74) is 3.41. The van der Waals surface area contributed by atoms with Crippen LogP contribution in [0, 0.1) is 20.8 Å². The van der Waals surface area contributed by atoms with Crippen molar-refractivity contribution in [3.8, 4) is 0 Å². The third kappa shape index (κ3) is 5.10. The number of ether oxygens (including phenoxy) is 2. The Hall–Kier alpha value is -1.96. The summed E-state index contributed by atoms with van der Waals surface area (Å²) >= 11 is 0. The zero-order valence-corrected chi connectivity index (χ0v) is 19.5. The maximum Gasteiger partial charge on any atom is 0.331 e. The lowest BCUT2D eigenvalue weighted by Gasteiger charge is -2.46. The van der Waals surface area contributed by atoms with Crippen LogP contribution in [0.3, 0.4) is 0 Å². The minimum Gasteiger partial charge on any atom is -0.467 e. The zero-order valence-electron chi connectivity index (χ0n) is 19.5. The molecule has 2 fully saturated rings. The first-order valence-corrected chi connectivity index (χ1v) is 11.2. The molecule has 1 aromatic rings. The summed E-state index contributed by atoms with van der Waals surface area (Å²) in [6, 6.07) is 4.21. The summed E-state index contributed by atoms with van der Waals surface area (Å²) in [5, 5.41) is 1.82. The van der Waals surface area contributed by atoms with Crippen LogP contribution >= 0.6 is 0 Å². The molecule has 1 aromatic carbocycles. The van der Waals surface area contributed by atoms with Crippen LogP contribution in [0.4, 0.5) is 0 Å². The van der Waals surface area contributed by atoms with Crippen LogP contribution < -0.4 is 0 Å². The molecule has 1 atom stereocenters. The summed E-state index contributed by atoms with van der Waals surface area (Å²) < 4.78 is 11.1. The highest BCUT2D eigenvalue weighted by Gasteiger charge is 2.50. The van der Waals surface area contributed by atoms with E-state index >= 15 is 0 Å². The number of amides is 1. The molecule has 0 saturated carbocycles. The molecule has 0 aromatic heterocycles. The second-order valence-electron chi connectivity index (χ2n) is 8.83. The van der Waals surface area contributed by atoms with E-state index in [2.05, 4.69) is 19.1 Å². The Kier molecular flexibility index (Phi) is 7.73. The lowest BCUT2D eigenvalue weighted by molar-refractivity contribution is -0.187. The largest absolute Gasteiger partial charge is 0.467 e. The van der Waals surface area contributed by atoms with E-state index < -0.39 is 5.54 Å². The lowest BCUT2D eigenvalue weighted by atomic mass is 9.84. The second-order valence-corrected chi connectivity index (χ2v) is 8.83. The zero-order chi connectivity index (χ0) is 22.6. The van der Waals surface area contributed by atoms with E-state index in [-0.39, 0.29) is 24.4 Å². The number of hydroxylamine groups is 2. The summed E-state index contributed by atoms with van der Waals surface area (Å²) in [6.07, 6.45) is 3.03. The van der Waals surface area contributed by atoms with Crippen LogP contribution in [0.15, 0.2) is 12.1 Å². The molecule has 172 valence electrons. The number of rotatable bonds is 7.